The Morgan fingerprint density at radius 3 is 2.81 bits per heavy atom. The highest BCUT2D eigenvalue weighted by molar-refractivity contribution is 5.33. The second kappa shape index (κ2) is 6.93. The van der Waals surface area contributed by atoms with Crippen molar-refractivity contribution >= 4 is 0 Å². The molecule has 1 fully saturated rings. The summed E-state index contributed by atoms with van der Waals surface area (Å²) in [5.74, 6) is 0.797. The standard InChI is InChI=1S/C17H24N2O2/c1-13(11-17(2,12-18)19-15-7-8-15)21-16-6-4-3-5-14(16)9-10-20/h3-6,13,15,19-20H,7-11H2,1-2H3. The number of aliphatic hydroxyl groups is 1. The van der Waals surface area contributed by atoms with Gasteiger partial charge >= 0.3 is 0 Å². The van der Waals surface area contributed by atoms with Crippen molar-refractivity contribution in [3.63, 3.8) is 0 Å². The zero-order valence-corrected chi connectivity index (χ0v) is 12.8. The van der Waals surface area contributed by atoms with Gasteiger partial charge in [0.15, 0.2) is 0 Å². The number of ether oxygens (including phenoxy) is 1. The van der Waals surface area contributed by atoms with E-state index < -0.39 is 5.54 Å². The molecule has 0 spiro atoms. The predicted octanol–water partition coefficient (Wildman–Crippen LogP) is 2.41. The van der Waals surface area contributed by atoms with Gasteiger partial charge in [-0.25, -0.2) is 0 Å². The molecule has 1 aromatic carbocycles. The van der Waals surface area contributed by atoms with Gasteiger partial charge in [0.1, 0.15) is 11.3 Å². The summed E-state index contributed by atoms with van der Waals surface area (Å²) in [5.41, 5.74) is 0.452. The van der Waals surface area contributed by atoms with E-state index in [4.69, 9.17) is 9.84 Å². The van der Waals surface area contributed by atoms with E-state index in [9.17, 15) is 5.26 Å². The summed E-state index contributed by atoms with van der Waals surface area (Å²) in [6.45, 7) is 4.03. The summed E-state index contributed by atoms with van der Waals surface area (Å²) in [6.07, 6.45) is 3.46. The summed E-state index contributed by atoms with van der Waals surface area (Å²) in [5, 5.41) is 21.9. The maximum absolute atomic E-state index is 9.41. The summed E-state index contributed by atoms with van der Waals surface area (Å²) in [7, 11) is 0. The summed E-state index contributed by atoms with van der Waals surface area (Å²) < 4.78 is 6.00. The van der Waals surface area contributed by atoms with Crippen molar-refractivity contribution in [1.29, 1.82) is 5.26 Å². The topological polar surface area (TPSA) is 65.3 Å². The van der Waals surface area contributed by atoms with Crippen LogP contribution < -0.4 is 10.1 Å². The van der Waals surface area contributed by atoms with Gasteiger partial charge < -0.3 is 9.84 Å². The van der Waals surface area contributed by atoms with Crippen LogP contribution in [0.2, 0.25) is 0 Å². The Labute approximate surface area is 126 Å². The minimum Gasteiger partial charge on any atom is -0.490 e. The van der Waals surface area contributed by atoms with Gasteiger partial charge in [-0.3, -0.25) is 5.32 Å². The normalized spacial score (nSPS) is 18.6. The number of hydrogen-bond donors (Lipinski definition) is 2. The van der Waals surface area contributed by atoms with Crippen LogP contribution >= 0.6 is 0 Å². The molecular formula is C17H24N2O2. The van der Waals surface area contributed by atoms with E-state index in [-0.39, 0.29) is 12.7 Å². The van der Waals surface area contributed by atoms with E-state index in [1.165, 1.54) is 0 Å². The van der Waals surface area contributed by atoms with Crippen LogP contribution in [-0.2, 0) is 6.42 Å². The van der Waals surface area contributed by atoms with Crippen molar-refractivity contribution < 1.29 is 9.84 Å². The molecule has 2 atom stereocenters. The third-order valence-corrected chi connectivity index (χ3v) is 3.72. The quantitative estimate of drug-likeness (QED) is 0.771. The Kier molecular flexibility index (Phi) is 5.22. The van der Waals surface area contributed by atoms with Crippen LogP contribution in [0.15, 0.2) is 24.3 Å². The predicted molar refractivity (Wildman–Crippen MR) is 82.1 cm³/mol. The minimum atomic E-state index is -0.549. The average Bonchev–Trinajstić information content (AvgIpc) is 3.25. The lowest BCUT2D eigenvalue weighted by Gasteiger charge is -2.27. The van der Waals surface area contributed by atoms with Crippen molar-refractivity contribution in [3.8, 4) is 11.8 Å². The summed E-state index contributed by atoms with van der Waals surface area (Å²) >= 11 is 0. The van der Waals surface area contributed by atoms with Gasteiger partial charge in [-0.1, -0.05) is 18.2 Å². The summed E-state index contributed by atoms with van der Waals surface area (Å²) in [6, 6.07) is 10.6. The first kappa shape index (κ1) is 15.8. The zero-order valence-electron chi connectivity index (χ0n) is 12.8. The molecular weight excluding hydrogens is 264 g/mol. The van der Waals surface area contributed by atoms with Crippen molar-refractivity contribution in [2.24, 2.45) is 0 Å². The van der Waals surface area contributed by atoms with Gasteiger partial charge in [-0.2, -0.15) is 5.26 Å². The first-order valence-electron chi connectivity index (χ1n) is 7.60. The number of rotatable bonds is 8. The van der Waals surface area contributed by atoms with Crippen molar-refractivity contribution in [2.45, 2.75) is 57.2 Å². The number of benzene rings is 1. The number of nitrogens with zero attached hydrogens (tertiary/aromatic N) is 1. The number of aliphatic hydroxyl groups excluding tert-OH is 1. The SMILES string of the molecule is CC(CC(C)(C#N)NC1CC1)Oc1ccccc1CCO. The van der Waals surface area contributed by atoms with E-state index >= 15 is 0 Å². The van der Waals surface area contributed by atoms with E-state index in [0.717, 1.165) is 24.2 Å². The lowest BCUT2D eigenvalue weighted by molar-refractivity contribution is 0.176. The second-order valence-corrected chi connectivity index (χ2v) is 6.08. The molecule has 0 radical (unpaired) electrons. The van der Waals surface area contributed by atoms with E-state index in [1.54, 1.807) is 0 Å². The van der Waals surface area contributed by atoms with Gasteiger partial charge in [-0.15, -0.1) is 0 Å². The molecule has 1 aliphatic carbocycles. The third-order valence-electron chi connectivity index (χ3n) is 3.72. The molecule has 4 heteroatoms. The average molecular weight is 288 g/mol. The highest BCUT2D eigenvalue weighted by Gasteiger charge is 2.34. The van der Waals surface area contributed by atoms with Crippen LogP contribution in [0, 0.1) is 11.3 Å². The van der Waals surface area contributed by atoms with Gasteiger partial charge in [0.25, 0.3) is 0 Å². The van der Waals surface area contributed by atoms with Gasteiger partial charge in [0.05, 0.1) is 12.2 Å². The Balaban J connectivity index is 1.97. The van der Waals surface area contributed by atoms with Crippen LogP contribution in [0.3, 0.4) is 0 Å². The molecule has 1 saturated carbocycles. The van der Waals surface area contributed by atoms with Crippen LogP contribution in [-0.4, -0.2) is 29.4 Å². The Bertz CT molecular complexity index is 508. The third kappa shape index (κ3) is 4.73. The first-order chi connectivity index (χ1) is 10.1. The number of para-hydroxylation sites is 1. The minimum absolute atomic E-state index is 0.0688. The molecule has 0 aromatic heterocycles. The molecule has 114 valence electrons. The second-order valence-electron chi connectivity index (χ2n) is 6.08. The van der Waals surface area contributed by atoms with Crippen LogP contribution in [0.4, 0.5) is 0 Å². The monoisotopic (exact) mass is 288 g/mol. The highest BCUT2D eigenvalue weighted by atomic mass is 16.5. The number of hydrogen-bond acceptors (Lipinski definition) is 4. The molecule has 0 aliphatic heterocycles. The fraction of sp³-hybridized carbons (Fsp3) is 0.588. The molecule has 0 amide bonds. The Morgan fingerprint density at radius 1 is 1.48 bits per heavy atom. The maximum Gasteiger partial charge on any atom is 0.122 e. The Morgan fingerprint density at radius 2 is 2.19 bits per heavy atom. The molecule has 0 saturated heterocycles. The molecule has 2 unspecified atom stereocenters. The highest BCUT2D eigenvalue weighted by Crippen LogP contribution is 2.26. The molecule has 0 bridgehead atoms. The molecule has 2 rings (SSSR count). The maximum atomic E-state index is 9.41. The molecule has 1 aliphatic rings. The first-order valence-corrected chi connectivity index (χ1v) is 7.60. The van der Waals surface area contributed by atoms with Crippen LogP contribution in [0.1, 0.15) is 38.7 Å². The van der Waals surface area contributed by atoms with Crippen LogP contribution in [0.25, 0.3) is 0 Å². The van der Waals surface area contributed by atoms with Crippen molar-refractivity contribution in [1.82, 2.24) is 5.32 Å². The van der Waals surface area contributed by atoms with Crippen molar-refractivity contribution in [2.75, 3.05) is 6.61 Å². The molecule has 0 heterocycles. The van der Waals surface area contributed by atoms with Gasteiger partial charge in [-0.05, 0) is 44.7 Å². The molecule has 21 heavy (non-hydrogen) atoms. The van der Waals surface area contributed by atoms with E-state index in [2.05, 4.69) is 11.4 Å². The molecule has 2 N–H and O–H groups in total. The molecule has 4 nitrogen and oxygen atoms in total. The number of nitrogens with one attached hydrogen (secondary N) is 1. The molecule has 1 aromatic rings. The lowest BCUT2D eigenvalue weighted by Crippen LogP contribution is -2.45. The van der Waals surface area contributed by atoms with Gasteiger partial charge in [0, 0.05) is 19.1 Å². The zero-order chi connectivity index (χ0) is 15.3. The fourth-order valence-corrected chi connectivity index (χ4v) is 2.59. The fourth-order valence-electron chi connectivity index (χ4n) is 2.59. The van der Waals surface area contributed by atoms with E-state index in [0.29, 0.717) is 18.9 Å². The Hall–Kier alpha value is -1.57. The number of nitriles is 1. The largest absolute Gasteiger partial charge is 0.490 e. The smallest absolute Gasteiger partial charge is 0.122 e. The van der Waals surface area contributed by atoms with Crippen LogP contribution in [0.5, 0.6) is 5.75 Å². The van der Waals surface area contributed by atoms with E-state index in [1.807, 2.05) is 38.1 Å². The van der Waals surface area contributed by atoms with Crippen molar-refractivity contribution in [3.05, 3.63) is 29.8 Å². The summed E-state index contributed by atoms with van der Waals surface area (Å²) in [4.78, 5) is 0. The lowest BCUT2D eigenvalue weighted by atomic mass is 9.96. The van der Waals surface area contributed by atoms with Gasteiger partial charge in [0.2, 0.25) is 0 Å².